The summed E-state index contributed by atoms with van der Waals surface area (Å²) in [4.78, 5) is 2.07. The molecule has 2 nitrogen and oxygen atoms in total. The predicted octanol–water partition coefficient (Wildman–Crippen LogP) is 1.35. The summed E-state index contributed by atoms with van der Waals surface area (Å²) < 4.78 is 25.6. The lowest BCUT2D eigenvalue weighted by atomic mass is 9.92. The fraction of sp³-hybridized carbons (Fsp3) is 1.00. The van der Waals surface area contributed by atoms with Gasteiger partial charge in [0.15, 0.2) is 0 Å². The Morgan fingerprint density at radius 2 is 2.23 bits per heavy atom. The Labute approximate surface area is 77.5 Å². The number of piperidine rings is 1. The van der Waals surface area contributed by atoms with Crippen LogP contribution in [0.3, 0.4) is 0 Å². The van der Waals surface area contributed by atoms with Crippen molar-refractivity contribution in [3.63, 3.8) is 0 Å². The van der Waals surface area contributed by atoms with Crippen LogP contribution in [0.4, 0.5) is 8.78 Å². The van der Waals surface area contributed by atoms with E-state index in [2.05, 4.69) is 4.90 Å². The van der Waals surface area contributed by atoms with Gasteiger partial charge in [0.2, 0.25) is 0 Å². The lowest BCUT2D eigenvalue weighted by Crippen LogP contribution is -2.36. The van der Waals surface area contributed by atoms with Crippen molar-refractivity contribution < 1.29 is 13.9 Å². The summed E-state index contributed by atoms with van der Waals surface area (Å²) in [7, 11) is 1.95. The van der Waals surface area contributed by atoms with Crippen molar-refractivity contribution in [3.8, 4) is 0 Å². The number of aliphatic hydroxyl groups is 1. The van der Waals surface area contributed by atoms with E-state index < -0.39 is 12.5 Å². The number of nitrogens with zero attached hydrogens (tertiary/aromatic N) is 1. The third-order valence-corrected chi connectivity index (χ3v) is 2.54. The Morgan fingerprint density at radius 3 is 2.77 bits per heavy atom. The molecule has 4 heteroatoms. The normalized spacial score (nSPS) is 26.3. The molecule has 1 saturated heterocycles. The molecule has 0 saturated carbocycles. The van der Waals surface area contributed by atoms with Gasteiger partial charge in [-0.25, -0.2) is 8.78 Å². The molecule has 1 unspecified atom stereocenters. The number of hydrogen-bond acceptors (Lipinski definition) is 2. The Morgan fingerprint density at radius 1 is 1.54 bits per heavy atom. The molecule has 78 valence electrons. The first-order chi connectivity index (χ1) is 6.03. The highest BCUT2D eigenvalue weighted by molar-refractivity contribution is 4.76. The molecule has 0 amide bonds. The third-order valence-electron chi connectivity index (χ3n) is 2.54. The lowest BCUT2D eigenvalue weighted by Gasteiger charge is -2.31. The Hall–Kier alpha value is -0.220. The lowest BCUT2D eigenvalue weighted by molar-refractivity contribution is -0.0730. The average Bonchev–Trinajstić information content (AvgIpc) is 2.03. The molecule has 1 aliphatic rings. The first-order valence-corrected chi connectivity index (χ1v) is 4.71. The van der Waals surface area contributed by atoms with Gasteiger partial charge in [0.05, 0.1) is 0 Å². The van der Waals surface area contributed by atoms with Gasteiger partial charge in [-0.1, -0.05) is 0 Å². The summed E-state index contributed by atoms with van der Waals surface area (Å²) in [5.41, 5.74) is 0. The van der Waals surface area contributed by atoms with Crippen LogP contribution in [0.25, 0.3) is 0 Å². The van der Waals surface area contributed by atoms with Crippen molar-refractivity contribution in [3.05, 3.63) is 0 Å². The molecule has 1 fully saturated rings. The molecule has 0 spiro atoms. The molecule has 0 aromatic heterocycles. The second kappa shape index (κ2) is 4.33. The number of alkyl halides is 2. The van der Waals surface area contributed by atoms with Crippen LogP contribution in [-0.4, -0.2) is 42.7 Å². The molecule has 0 aromatic carbocycles. The zero-order valence-corrected chi connectivity index (χ0v) is 7.97. The molecule has 0 aromatic rings. The summed E-state index contributed by atoms with van der Waals surface area (Å²) in [5.74, 6) is -2.84. The smallest absolute Gasteiger partial charge is 0.271 e. The van der Waals surface area contributed by atoms with E-state index in [4.69, 9.17) is 5.11 Å². The summed E-state index contributed by atoms with van der Waals surface area (Å²) >= 11 is 0. The van der Waals surface area contributed by atoms with Crippen LogP contribution in [0.5, 0.6) is 0 Å². The van der Waals surface area contributed by atoms with Crippen molar-refractivity contribution in [1.29, 1.82) is 0 Å². The molecular formula is C9H17F2NO. The molecule has 1 N–H and O–H groups in total. The van der Waals surface area contributed by atoms with Crippen molar-refractivity contribution in [2.75, 3.05) is 26.7 Å². The summed E-state index contributed by atoms with van der Waals surface area (Å²) in [6.07, 6.45) is 1.68. The summed E-state index contributed by atoms with van der Waals surface area (Å²) in [6, 6.07) is 0. The van der Waals surface area contributed by atoms with E-state index in [0.717, 1.165) is 25.9 Å². The van der Waals surface area contributed by atoms with Crippen LogP contribution < -0.4 is 0 Å². The SMILES string of the molecule is CN1CCCC(CC(F)(F)CO)C1. The standard InChI is InChI=1S/C9H17F2NO/c1-12-4-2-3-8(6-12)5-9(10,11)7-13/h8,13H,2-7H2,1H3. The topological polar surface area (TPSA) is 23.5 Å². The Kier molecular flexibility index (Phi) is 3.62. The maximum atomic E-state index is 12.8. The van der Waals surface area contributed by atoms with Crippen LogP contribution in [0.15, 0.2) is 0 Å². The molecule has 0 bridgehead atoms. The van der Waals surface area contributed by atoms with Crippen molar-refractivity contribution in [2.45, 2.75) is 25.2 Å². The van der Waals surface area contributed by atoms with Gasteiger partial charge in [-0.2, -0.15) is 0 Å². The number of rotatable bonds is 3. The highest BCUT2D eigenvalue weighted by Gasteiger charge is 2.33. The van der Waals surface area contributed by atoms with Gasteiger partial charge in [-0.15, -0.1) is 0 Å². The van der Waals surface area contributed by atoms with E-state index >= 15 is 0 Å². The van der Waals surface area contributed by atoms with E-state index in [1.165, 1.54) is 0 Å². The van der Waals surface area contributed by atoms with Gasteiger partial charge >= 0.3 is 0 Å². The van der Waals surface area contributed by atoms with Gasteiger partial charge in [0.1, 0.15) is 6.61 Å². The molecule has 0 radical (unpaired) electrons. The molecule has 1 heterocycles. The molecule has 0 aliphatic carbocycles. The Bertz CT molecular complexity index is 164. The van der Waals surface area contributed by atoms with E-state index in [-0.39, 0.29) is 12.3 Å². The maximum Gasteiger partial charge on any atom is 0.271 e. The largest absolute Gasteiger partial charge is 0.390 e. The fourth-order valence-corrected chi connectivity index (χ4v) is 1.93. The summed E-state index contributed by atoms with van der Waals surface area (Å²) in [6.45, 7) is 0.712. The quantitative estimate of drug-likeness (QED) is 0.731. The monoisotopic (exact) mass is 193 g/mol. The molecule has 1 aliphatic heterocycles. The Balaban J connectivity index is 2.35. The minimum atomic E-state index is -2.89. The van der Waals surface area contributed by atoms with E-state index in [1.54, 1.807) is 0 Å². The van der Waals surface area contributed by atoms with E-state index in [0.29, 0.717) is 0 Å². The van der Waals surface area contributed by atoms with Crippen LogP contribution in [0.1, 0.15) is 19.3 Å². The molecule has 1 atom stereocenters. The number of likely N-dealkylation sites (tertiary alicyclic amines) is 1. The molecule has 1 rings (SSSR count). The van der Waals surface area contributed by atoms with Gasteiger partial charge in [0.25, 0.3) is 5.92 Å². The van der Waals surface area contributed by atoms with Gasteiger partial charge in [-0.05, 0) is 32.4 Å². The maximum absolute atomic E-state index is 12.8. The zero-order valence-electron chi connectivity index (χ0n) is 7.97. The van der Waals surface area contributed by atoms with Crippen LogP contribution in [0, 0.1) is 5.92 Å². The van der Waals surface area contributed by atoms with Crippen molar-refractivity contribution in [1.82, 2.24) is 4.90 Å². The van der Waals surface area contributed by atoms with Gasteiger partial charge in [0, 0.05) is 13.0 Å². The van der Waals surface area contributed by atoms with E-state index in [9.17, 15) is 8.78 Å². The number of halogens is 2. The number of aliphatic hydroxyl groups excluding tert-OH is 1. The summed E-state index contributed by atoms with van der Waals surface area (Å²) in [5, 5.41) is 8.43. The highest BCUT2D eigenvalue weighted by Crippen LogP contribution is 2.28. The predicted molar refractivity (Wildman–Crippen MR) is 46.9 cm³/mol. The number of hydrogen-bond donors (Lipinski definition) is 1. The fourth-order valence-electron chi connectivity index (χ4n) is 1.93. The van der Waals surface area contributed by atoms with Gasteiger partial charge < -0.3 is 10.0 Å². The third kappa shape index (κ3) is 3.56. The van der Waals surface area contributed by atoms with Crippen molar-refractivity contribution in [2.24, 2.45) is 5.92 Å². The van der Waals surface area contributed by atoms with Crippen LogP contribution in [-0.2, 0) is 0 Å². The highest BCUT2D eigenvalue weighted by atomic mass is 19.3. The first kappa shape index (κ1) is 10.9. The average molecular weight is 193 g/mol. The van der Waals surface area contributed by atoms with Crippen LogP contribution in [0.2, 0.25) is 0 Å². The second-order valence-electron chi connectivity index (χ2n) is 3.99. The molecule has 13 heavy (non-hydrogen) atoms. The molecular weight excluding hydrogens is 176 g/mol. The minimum absolute atomic E-state index is 0.0425. The minimum Gasteiger partial charge on any atom is -0.390 e. The van der Waals surface area contributed by atoms with Crippen molar-refractivity contribution >= 4 is 0 Å². The second-order valence-corrected chi connectivity index (χ2v) is 3.99. The van der Waals surface area contributed by atoms with E-state index in [1.807, 2.05) is 7.05 Å². The van der Waals surface area contributed by atoms with Crippen LogP contribution >= 0.6 is 0 Å². The first-order valence-electron chi connectivity index (χ1n) is 4.71. The zero-order chi connectivity index (χ0) is 9.90. The van der Waals surface area contributed by atoms with Gasteiger partial charge in [-0.3, -0.25) is 0 Å².